The standard InChI is InChI=1S/C10H13N5O2/c1-8-12-4-9(5-13-8)6-14-3-2-11-10(14)7-15(16)17/h4-5,7,11H,2-3,6H2,1H3. The molecular weight excluding hydrogens is 222 g/mol. The predicted octanol–water partition coefficient (Wildman–Crippen LogP) is 0.266. The fourth-order valence-corrected chi connectivity index (χ4v) is 1.66. The molecule has 0 saturated carbocycles. The number of rotatable bonds is 3. The van der Waals surface area contributed by atoms with Gasteiger partial charge in [-0.15, -0.1) is 0 Å². The van der Waals surface area contributed by atoms with Gasteiger partial charge in [-0.05, 0) is 6.92 Å². The summed E-state index contributed by atoms with van der Waals surface area (Å²) in [6.07, 6.45) is 4.47. The lowest BCUT2D eigenvalue weighted by Crippen LogP contribution is -2.20. The Morgan fingerprint density at radius 1 is 1.59 bits per heavy atom. The smallest absolute Gasteiger partial charge is 0.274 e. The zero-order chi connectivity index (χ0) is 12.3. The van der Waals surface area contributed by atoms with Gasteiger partial charge in [0.2, 0.25) is 0 Å². The minimum absolute atomic E-state index is 0.452. The number of aromatic nitrogens is 2. The quantitative estimate of drug-likeness (QED) is 0.598. The van der Waals surface area contributed by atoms with E-state index in [1.165, 1.54) is 0 Å². The number of nitrogens with one attached hydrogen (secondary N) is 1. The van der Waals surface area contributed by atoms with Crippen LogP contribution < -0.4 is 5.32 Å². The molecule has 90 valence electrons. The number of nitro groups is 1. The molecule has 1 aromatic rings. The third-order valence-corrected chi connectivity index (χ3v) is 2.46. The maximum Gasteiger partial charge on any atom is 0.274 e. The summed E-state index contributed by atoms with van der Waals surface area (Å²) in [6, 6.07) is 0. The molecular formula is C10H13N5O2. The Morgan fingerprint density at radius 3 is 2.94 bits per heavy atom. The van der Waals surface area contributed by atoms with E-state index in [1.807, 2.05) is 11.8 Å². The van der Waals surface area contributed by atoms with Crippen LogP contribution in [0.3, 0.4) is 0 Å². The lowest BCUT2D eigenvalue weighted by Gasteiger charge is -2.16. The van der Waals surface area contributed by atoms with E-state index in [0.29, 0.717) is 24.7 Å². The summed E-state index contributed by atoms with van der Waals surface area (Å²) in [5, 5.41) is 13.4. The fourth-order valence-electron chi connectivity index (χ4n) is 1.66. The van der Waals surface area contributed by atoms with Gasteiger partial charge in [-0.2, -0.15) is 0 Å². The molecule has 7 nitrogen and oxygen atoms in total. The van der Waals surface area contributed by atoms with Gasteiger partial charge in [0.05, 0.1) is 4.92 Å². The first kappa shape index (κ1) is 11.3. The molecule has 1 N–H and O–H groups in total. The van der Waals surface area contributed by atoms with E-state index in [-0.39, 0.29) is 0 Å². The van der Waals surface area contributed by atoms with E-state index >= 15 is 0 Å². The van der Waals surface area contributed by atoms with Crippen LogP contribution in [-0.4, -0.2) is 32.9 Å². The van der Waals surface area contributed by atoms with Crippen molar-refractivity contribution in [2.24, 2.45) is 0 Å². The molecule has 1 fully saturated rings. The van der Waals surface area contributed by atoms with Crippen molar-refractivity contribution in [3.63, 3.8) is 0 Å². The monoisotopic (exact) mass is 235 g/mol. The highest BCUT2D eigenvalue weighted by molar-refractivity contribution is 5.09. The van der Waals surface area contributed by atoms with Gasteiger partial charge in [-0.3, -0.25) is 10.1 Å². The van der Waals surface area contributed by atoms with Crippen LogP contribution in [0.5, 0.6) is 0 Å². The molecule has 0 spiro atoms. The van der Waals surface area contributed by atoms with Gasteiger partial charge in [0.25, 0.3) is 6.20 Å². The highest BCUT2D eigenvalue weighted by Gasteiger charge is 2.19. The minimum atomic E-state index is -0.452. The first-order valence-corrected chi connectivity index (χ1v) is 5.27. The Balaban J connectivity index is 2.07. The Kier molecular flexibility index (Phi) is 3.17. The van der Waals surface area contributed by atoms with E-state index in [1.54, 1.807) is 12.4 Å². The fraction of sp³-hybridized carbons (Fsp3) is 0.400. The zero-order valence-electron chi connectivity index (χ0n) is 9.46. The summed E-state index contributed by atoms with van der Waals surface area (Å²) in [5.74, 6) is 1.25. The molecule has 0 amide bonds. The second kappa shape index (κ2) is 4.77. The SMILES string of the molecule is Cc1ncc(CN2CCNC2=C[N+](=O)[O-])cn1. The Labute approximate surface area is 98.3 Å². The van der Waals surface area contributed by atoms with Gasteiger partial charge in [-0.25, -0.2) is 9.97 Å². The van der Waals surface area contributed by atoms with E-state index < -0.39 is 4.92 Å². The van der Waals surface area contributed by atoms with Crippen molar-refractivity contribution in [2.75, 3.05) is 13.1 Å². The van der Waals surface area contributed by atoms with Gasteiger partial charge in [0, 0.05) is 37.6 Å². The molecule has 0 bridgehead atoms. The number of hydrogen-bond donors (Lipinski definition) is 1. The van der Waals surface area contributed by atoms with Gasteiger partial charge in [0.1, 0.15) is 5.82 Å². The third-order valence-electron chi connectivity index (χ3n) is 2.46. The van der Waals surface area contributed by atoms with E-state index in [9.17, 15) is 10.1 Å². The van der Waals surface area contributed by atoms with Crippen LogP contribution in [0.4, 0.5) is 0 Å². The van der Waals surface area contributed by atoms with Crippen LogP contribution >= 0.6 is 0 Å². The van der Waals surface area contributed by atoms with Crippen molar-refractivity contribution >= 4 is 0 Å². The van der Waals surface area contributed by atoms with Gasteiger partial charge >= 0.3 is 0 Å². The summed E-state index contributed by atoms with van der Waals surface area (Å²) < 4.78 is 0. The van der Waals surface area contributed by atoms with Crippen molar-refractivity contribution in [3.05, 3.63) is 45.9 Å². The van der Waals surface area contributed by atoms with Crippen LogP contribution in [0.2, 0.25) is 0 Å². The molecule has 7 heteroatoms. The highest BCUT2D eigenvalue weighted by Crippen LogP contribution is 2.11. The topological polar surface area (TPSA) is 84.2 Å². The first-order chi connectivity index (χ1) is 8.15. The molecule has 0 radical (unpaired) electrons. The normalized spacial score (nSPS) is 17.2. The second-order valence-corrected chi connectivity index (χ2v) is 3.79. The van der Waals surface area contributed by atoms with Crippen LogP contribution in [0.15, 0.2) is 24.4 Å². The molecule has 0 aliphatic carbocycles. The summed E-state index contributed by atoms with van der Waals surface area (Å²) in [4.78, 5) is 20.1. The van der Waals surface area contributed by atoms with Crippen LogP contribution in [0.25, 0.3) is 0 Å². The van der Waals surface area contributed by atoms with Gasteiger partial charge in [0.15, 0.2) is 5.82 Å². The molecule has 0 atom stereocenters. The Hall–Kier alpha value is -2.18. The lowest BCUT2D eigenvalue weighted by molar-refractivity contribution is -0.404. The van der Waals surface area contributed by atoms with Crippen molar-refractivity contribution in [1.29, 1.82) is 0 Å². The summed E-state index contributed by atoms with van der Waals surface area (Å²) in [7, 11) is 0. The van der Waals surface area contributed by atoms with Crippen molar-refractivity contribution in [3.8, 4) is 0 Å². The van der Waals surface area contributed by atoms with Gasteiger partial charge < -0.3 is 10.2 Å². The molecule has 1 aliphatic heterocycles. The molecule has 1 saturated heterocycles. The zero-order valence-corrected chi connectivity index (χ0v) is 9.46. The van der Waals surface area contributed by atoms with Crippen molar-refractivity contribution in [1.82, 2.24) is 20.2 Å². The molecule has 2 rings (SSSR count). The van der Waals surface area contributed by atoms with Crippen LogP contribution in [0.1, 0.15) is 11.4 Å². The number of nitrogens with zero attached hydrogens (tertiary/aromatic N) is 4. The molecule has 0 unspecified atom stereocenters. The van der Waals surface area contributed by atoms with Gasteiger partial charge in [-0.1, -0.05) is 0 Å². The number of aryl methyl sites for hydroxylation is 1. The Bertz CT molecular complexity index is 443. The van der Waals surface area contributed by atoms with Crippen molar-refractivity contribution in [2.45, 2.75) is 13.5 Å². The minimum Gasteiger partial charge on any atom is -0.365 e. The first-order valence-electron chi connectivity index (χ1n) is 5.27. The highest BCUT2D eigenvalue weighted by atomic mass is 16.6. The third kappa shape index (κ3) is 2.90. The summed E-state index contributed by atoms with van der Waals surface area (Å²) in [6.45, 7) is 3.85. The maximum absolute atomic E-state index is 10.4. The molecule has 17 heavy (non-hydrogen) atoms. The summed E-state index contributed by atoms with van der Waals surface area (Å²) in [5.41, 5.74) is 0.938. The average Bonchev–Trinajstić information content (AvgIpc) is 2.68. The second-order valence-electron chi connectivity index (χ2n) is 3.79. The number of hydrogen-bond acceptors (Lipinski definition) is 6. The largest absolute Gasteiger partial charge is 0.365 e. The molecule has 0 aromatic carbocycles. The lowest BCUT2D eigenvalue weighted by atomic mass is 10.3. The molecule has 1 aromatic heterocycles. The Morgan fingerprint density at radius 2 is 2.29 bits per heavy atom. The predicted molar refractivity (Wildman–Crippen MR) is 60.3 cm³/mol. The average molecular weight is 235 g/mol. The van der Waals surface area contributed by atoms with E-state index in [2.05, 4.69) is 15.3 Å². The molecule has 2 heterocycles. The van der Waals surface area contributed by atoms with Crippen molar-refractivity contribution < 1.29 is 4.92 Å². The maximum atomic E-state index is 10.4. The molecule has 1 aliphatic rings. The van der Waals surface area contributed by atoms with Crippen LogP contribution in [-0.2, 0) is 6.54 Å². The van der Waals surface area contributed by atoms with Crippen LogP contribution in [0, 0.1) is 17.0 Å². The van der Waals surface area contributed by atoms with E-state index in [0.717, 1.165) is 18.3 Å². The summed E-state index contributed by atoms with van der Waals surface area (Å²) >= 11 is 0. The van der Waals surface area contributed by atoms with E-state index in [4.69, 9.17) is 0 Å².